The van der Waals surface area contributed by atoms with Crippen LogP contribution in [0.3, 0.4) is 0 Å². The highest BCUT2D eigenvalue weighted by molar-refractivity contribution is 8.14. The lowest BCUT2D eigenvalue weighted by Crippen LogP contribution is -2.01. The summed E-state index contributed by atoms with van der Waals surface area (Å²) >= 11 is 3.08. The summed E-state index contributed by atoms with van der Waals surface area (Å²) in [4.78, 5) is 24.6. The van der Waals surface area contributed by atoms with Gasteiger partial charge in [-0.3, -0.25) is 9.79 Å². The van der Waals surface area contributed by atoms with E-state index in [1.54, 1.807) is 18.0 Å². The quantitative estimate of drug-likeness (QED) is 0.754. The number of aromatic amines is 1. The van der Waals surface area contributed by atoms with Gasteiger partial charge in [0.15, 0.2) is 5.01 Å². The van der Waals surface area contributed by atoms with Gasteiger partial charge in [-0.1, -0.05) is 18.2 Å². The fourth-order valence-electron chi connectivity index (χ4n) is 2.34. The van der Waals surface area contributed by atoms with Crippen molar-refractivity contribution in [2.75, 3.05) is 12.3 Å². The van der Waals surface area contributed by atoms with Gasteiger partial charge in [0, 0.05) is 34.8 Å². The molecule has 2 aromatic heterocycles. The van der Waals surface area contributed by atoms with E-state index < -0.39 is 0 Å². The van der Waals surface area contributed by atoms with Crippen molar-refractivity contribution in [2.45, 2.75) is 0 Å². The van der Waals surface area contributed by atoms with Gasteiger partial charge in [0.05, 0.1) is 5.56 Å². The maximum atomic E-state index is 12.6. The molecule has 0 atom stereocenters. The SMILES string of the molecule is O=C(c1nc(C2=NCCS2)cs1)c1c[nH]c2ccccc12. The van der Waals surface area contributed by atoms with Crippen LogP contribution in [0.1, 0.15) is 21.1 Å². The second kappa shape index (κ2) is 5.13. The molecule has 6 heteroatoms. The fourth-order valence-corrected chi connectivity index (χ4v) is 3.98. The zero-order valence-electron chi connectivity index (χ0n) is 11.0. The van der Waals surface area contributed by atoms with Gasteiger partial charge >= 0.3 is 0 Å². The number of thiazole rings is 1. The van der Waals surface area contributed by atoms with Gasteiger partial charge in [-0.05, 0) is 6.07 Å². The molecule has 0 unspecified atom stereocenters. The van der Waals surface area contributed by atoms with Crippen LogP contribution in [0.2, 0.25) is 0 Å². The van der Waals surface area contributed by atoms with Crippen molar-refractivity contribution in [3.63, 3.8) is 0 Å². The van der Waals surface area contributed by atoms with Crippen molar-refractivity contribution in [3.8, 4) is 0 Å². The Morgan fingerprint density at radius 2 is 2.19 bits per heavy atom. The summed E-state index contributed by atoms with van der Waals surface area (Å²) < 4.78 is 0. The smallest absolute Gasteiger partial charge is 0.223 e. The summed E-state index contributed by atoms with van der Waals surface area (Å²) in [7, 11) is 0. The summed E-state index contributed by atoms with van der Waals surface area (Å²) in [6.45, 7) is 0.837. The number of ketones is 1. The summed E-state index contributed by atoms with van der Waals surface area (Å²) in [5.74, 6) is 0.964. The molecule has 21 heavy (non-hydrogen) atoms. The topological polar surface area (TPSA) is 58.1 Å². The van der Waals surface area contributed by atoms with E-state index in [2.05, 4.69) is 15.0 Å². The van der Waals surface area contributed by atoms with E-state index in [4.69, 9.17) is 0 Å². The van der Waals surface area contributed by atoms with Gasteiger partial charge in [-0.15, -0.1) is 23.1 Å². The number of benzene rings is 1. The van der Waals surface area contributed by atoms with Gasteiger partial charge in [-0.25, -0.2) is 4.98 Å². The number of para-hydroxylation sites is 1. The molecular weight excluding hydrogens is 302 g/mol. The van der Waals surface area contributed by atoms with Crippen molar-refractivity contribution in [1.29, 1.82) is 0 Å². The lowest BCUT2D eigenvalue weighted by Gasteiger charge is -1.95. The molecule has 0 saturated carbocycles. The van der Waals surface area contributed by atoms with Crippen molar-refractivity contribution in [2.24, 2.45) is 4.99 Å². The van der Waals surface area contributed by atoms with E-state index in [-0.39, 0.29) is 5.78 Å². The Morgan fingerprint density at radius 3 is 3.05 bits per heavy atom. The number of carbonyl (C=O) groups excluding carboxylic acids is 1. The molecule has 1 N–H and O–H groups in total. The largest absolute Gasteiger partial charge is 0.360 e. The lowest BCUT2D eigenvalue weighted by atomic mass is 10.1. The third-order valence-corrected chi connectivity index (χ3v) is 5.18. The Balaban J connectivity index is 1.71. The van der Waals surface area contributed by atoms with Gasteiger partial charge in [0.2, 0.25) is 5.78 Å². The summed E-state index contributed by atoms with van der Waals surface area (Å²) in [5.41, 5.74) is 2.46. The molecule has 1 aliphatic rings. The minimum atomic E-state index is -0.0349. The molecule has 3 heterocycles. The summed E-state index contributed by atoms with van der Waals surface area (Å²) in [6, 6.07) is 7.79. The molecule has 104 valence electrons. The maximum absolute atomic E-state index is 12.6. The van der Waals surface area contributed by atoms with Crippen LogP contribution in [-0.2, 0) is 0 Å². The molecule has 3 aromatic rings. The Labute approximate surface area is 129 Å². The molecule has 0 aliphatic carbocycles. The predicted molar refractivity (Wildman–Crippen MR) is 87.7 cm³/mol. The minimum Gasteiger partial charge on any atom is -0.360 e. The third kappa shape index (κ3) is 2.20. The highest BCUT2D eigenvalue weighted by Gasteiger charge is 2.20. The molecule has 0 fully saturated rings. The van der Waals surface area contributed by atoms with Gasteiger partial charge in [-0.2, -0.15) is 0 Å². The van der Waals surface area contributed by atoms with E-state index in [0.717, 1.165) is 33.9 Å². The van der Waals surface area contributed by atoms with Crippen molar-refractivity contribution < 1.29 is 4.79 Å². The van der Waals surface area contributed by atoms with E-state index in [1.165, 1.54) is 11.3 Å². The standard InChI is InChI=1S/C15H11N3OS2/c19-13(10-7-17-11-4-2-1-3-9(10)11)15-18-12(8-21-15)14-16-5-6-20-14/h1-4,7-8,17H,5-6H2. The van der Waals surface area contributed by atoms with E-state index in [9.17, 15) is 4.79 Å². The molecule has 4 nitrogen and oxygen atoms in total. The normalized spacial score (nSPS) is 14.6. The number of carbonyl (C=O) groups is 1. The summed E-state index contributed by atoms with van der Waals surface area (Å²) in [5, 5.41) is 4.32. The Kier molecular flexibility index (Phi) is 3.12. The predicted octanol–water partition coefficient (Wildman–Crippen LogP) is 3.35. The molecule has 0 spiro atoms. The molecule has 0 saturated heterocycles. The van der Waals surface area contributed by atoms with Crippen molar-refractivity contribution in [3.05, 3.63) is 52.1 Å². The molecule has 1 aliphatic heterocycles. The number of thioether (sulfide) groups is 1. The number of nitrogens with one attached hydrogen (secondary N) is 1. The third-order valence-electron chi connectivity index (χ3n) is 3.34. The van der Waals surface area contributed by atoms with Crippen LogP contribution in [-0.4, -0.2) is 33.1 Å². The first-order valence-electron chi connectivity index (χ1n) is 6.57. The molecule has 4 rings (SSSR count). The van der Waals surface area contributed by atoms with Crippen molar-refractivity contribution in [1.82, 2.24) is 9.97 Å². The number of hydrogen-bond acceptors (Lipinski definition) is 5. The minimum absolute atomic E-state index is 0.0349. The van der Waals surface area contributed by atoms with Crippen LogP contribution in [0.15, 0.2) is 40.8 Å². The molecule has 0 amide bonds. The van der Waals surface area contributed by atoms with E-state index in [1.807, 2.05) is 29.6 Å². The lowest BCUT2D eigenvalue weighted by molar-refractivity contribution is 0.104. The van der Waals surface area contributed by atoms with Crippen LogP contribution in [0.25, 0.3) is 10.9 Å². The average Bonchev–Trinajstić information content (AvgIpc) is 3.25. The van der Waals surface area contributed by atoms with Crippen LogP contribution < -0.4 is 0 Å². The van der Waals surface area contributed by atoms with Crippen LogP contribution in [0.4, 0.5) is 0 Å². The number of rotatable bonds is 3. The first-order chi connectivity index (χ1) is 10.3. The van der Waals surface area contributed by atoms with Gasteiger partial charge in [0.25, 0.3) is 0 Å². The second-order valence-electron chi connectivity index (χ2n) is 4.65. The first-order valence-corrected chi connectivity index (χ1v) is 8.43. The van der Waals surface area contributed by atoms with Crippen LogP contribution >= 0.6 is 23.1 Å². The Morgan fingerprint density at radius 1 is 1.29 bits per heavy atom. The Hall–Kier alpha value is -1.92. The number of fused-ring (bicyclic) bond motifs is 1. The Bertz CT molecular complexity index is 863. The maximum Gasteiger partial charge on any atom is 0.223 e. The monoisotopic (exact) mass is 313 g/mol. The molecule has 0 radical (unpaired) electrons. The fraction of sp³-hybridized carbons (Fsp3) is 0.133. The van der Waals surface area contributed by atoms with E-state index >= 15 is 0 Å². The zero-order chi connectivity index (χ0) is 14.2. The van der Waals surface area contributed by atoms with Crippen LogP contribution in [0, 0.1) is 0 Å². The zero-order valence-corrected chi connectivity index (χ0v) is 12.6. The number of aliphatic imine (C=N–C) groups is 1. The molecule has 1 aromatic carbocycles. The van der Waals surface area contributed by atoms with Crippen molar-refractivity contribution >= 4 is 44.8 Å². The number of H-pyrrole nitrogens is 1. The second-order valence-corrected chi connectivity index (χ2v) is 6.59. The number of hydrogen-bond donors (Lipinski definition) is 1. The van der Waals surface area contributed by atoms with E-state index in [0.29, 0.717) is 10.6 Å². The highest BCUT2D eigenvalue weighted by Crippen LogP contribution is 2.25. The average molecular weight is 313 g/mol. The molecule has 0 bridgehead atoms. The number of nitrogens with zero attached hydrogens (tertiary/aromatic N) is 2. The molecular formula is C15H11N3OS2. The van der Waals surface area contributed by atoms with Gasteiger partial charge in [0.1, 0.15) is 10.7 Å². The number of aromatic nitrogens is 2. The van der Waals surface area contributed by atoms with Gasteiger partial charge < -0.3 is 4.98 Å². The first kappa shape index (κ1) is 12.8. The van der Waals surface area contributed by atoms with Crippen LogP contribution in [0.5, 0.6) is 0 Å². The summed E-state index contributed by atoms with van der Waals surface area (Å²) in [6.07, 6.45) is 1.76. The highest BCUT2D eigenvalue weighted by atomic mass is 32.2.